The predicted octanol–water partition coefficient (Wildman–Crippen LogP) is 4.16. The summed E-state index contributed by atoms with van der Waals surface area (Å²) in [5.74, 6) is 0.477. The van der Waals surface area contributed by atoms with Gasteiger partial charge in [-0.3, -0.25) is 0 Å². The topological polar surface area (TPSA) is 86.8 Å². The van der Waals surface area contributed by atoms with Crippen LogP contribution in [0.1, 0.15) is 57.3 Å². The van der Waals surface area contributed by atoms with Crippen molar-refractivity contribution in [1.82, 2.24) is 0 Å². The van der Waals surface area contributed by atoms with E-state index in [-0.39, 0.29) is 23.5 Å². The fraction of sp³-hybridized carbons (Fsp3) is 0.640. The largest absolute Gasteiger partial charge is 0.493 e. The summed E-state index contributed by atoms with van der Waals surface area (Å²) in [5.41, 5.74) is 1.10. The van der Waals surface area contributed by atoms with Crippen molar-refractivity contribution < 1.29 is 33.6 Å². The third-order valence-corrected chi connectivity index (χ3v) is 6.66. The maximum absolute atomic E-state index is 13.2. The predicted molar refractivity (Wildman–Crippen MR) is 121 cm³/mol. The Morgan fingerprint density at radius 2 is 1.78 bits per heavy atom. The molecule has 0 amide bonds. The number of rotatable bonds is 6. The van der Waals surface area contributed by atoms with E-state index in [2.05, 4.69) is 6.08 Å². The molecule has 0 radical (unpaired) electrons. The first-order valence-electron chi connectivity index (χ1n) is 11.2. The van der Waals surface area contributed by atoms with E-state index in [9.17, 15) is 9.90 Å². The van der Waals surface area contributed by atoms with Gasteiger partial charge < -0.3 is 28.8 Å². The fourth-order valence-corrected chi connectivity index (χ4v) is 4.80. The van der Waals surface area contributed by atoms with Crippen LogP contribution in [-0.4, -0.2) is 56.3 Å². The molecule has 1 aromatic rings. The zero-order valence-corrected chi connectivity index (χ0v) is 20.1. The maximum Gasteiger partial charge on any atom is 0.338 e. The van der Waals surface area contributed by atoms with Crippen LogP contribution in [0, 0.1) is 11.8 Å². The van der Waals surface area contributed by atoms with E-state index in [1.54, 1.807) is 12.1 Å². The van der Waals surface area contributed by atoms with Crippen molar-refractivity contribution in [3.05, 3.63) is 29.3 Å². The third kappa shape index (κ3) is 4.89. The first kappa shape index (κ1) is 24.4. The van der Waals surface area contributed by atoms with Gasteiger partial charge in [0.2, 0.25) is 5.75 Å². The number of epoxide rings is 1. The summed E-state index contributed by atoms with van der Waals surface area (Å²) in [6.07, 6.45) is 3.00. The van der Waals surface area contributed by atoms with Gasteiger partial charge in [-0.15, -0.1) is 0 Å². The first-order valence-corrected chi connectivity index (χ1v) is 11.2. The van der Waals surface area contributed by atoms with Crippen molar-refractivity contribution in [3.63, 3.8) is 0 Å². The van der Waals surface area contributed by atoms with E-state index in [1.807, 2.05) is 27.7 Å². The molecule has 1 aromatic carbocycles. The second-order valence-electron chi connectivity index (χ2n) is 9.31. The number of carbonyl (C=O) groups excluding carboxylic acids is 1. The molecule has 1 aliphatic carbocycles. The standard InChI is InChI=1S/C25H36O7/c1-14(2)20-17(11-15(3)9-8-10-25(4)23(32-25)21(20)26)31-24(27)16-12-18(28-5)22(30-7)19(13-16)29-6/h9,12-14,17,20-21,23,26H,8,10-11H2,1-7H3/b15-9-/t17-,20?,21?,23-,25-/m0/s1. The summed E-state index contributed by atoms with van der Waals surface area (Å²) in [6.45, 7) is 8.16. The number of allylic oxidation sites excluding steroid dienone is 1. The van der Waals surface area contributed by atoms with Crippen LogP contribution in [0.2, 0.25) is 0 Å². The van der Waals surface area contributed by atoms with Crippen LogP contribution < -0.4 is 14.2 Å². The molecule has 2 unspecified atom stereocenters. The molecule has 1 fully saturated rings. The lowest BCUT2D eigenvalue weighted by Crippen LogP contribution is -2.43. The highest BCUT2D eigenvalue weighted by Gasteiger charge is 2.58. The Labute approximate surface area is 190 Å². The maximum atomic E-state index is 13.2. The van der Waals surface area contributed by atoms with E-state index in [0.29, 0.717) is 29.2 Å². The Kier molecular flexibility index (Phi) is 7.40. The van der Waals surface area contributed by atoms with E-state index in [1.165, 1.54) is 21.3 Å². The summed E-state index contributed by atoms with van der Waals surface area (Å²) in [4.78, 5) is 13.2. The van der Waals surface area contributed by atoms with Crippen molar-refractivity contribution >= 4 is 5.97 Å². The van der Waals surface area contributed by atoms with E-state index in [4.69, 9.17) is 23.7 Å². The van der Waals surface area contributed by atoms with Crippen molar-refractivity contribution in [2.75, 3.05) is 21.3 Å². The minimum atomic E-state index is -0.719. The first-order chi connectivity index (χ1) is 15.1. The van der Waals surface area contributed by atoms with Gasteiger partial charge in [-0.25, -0.2) is 4.79 Å². The number of fused-ring (bicyclic) bond motifs is 1. The monoisotopic (exact) mass is 448 g/mol. The highest BCUT2D eigenvalue weighted by atomic mass is 16.6. The third-order valence-electron chi connectivity index (χ3n) is 6.66. The minimum absolute atomic E-state index is 0.0865. The number of hydrogen-bond donors (Lipinski definition) is 1. The smallest absolute Gasteiger partial charge is 0.338 e. The quantitative estimate of drug-likeness (QED) is 0.397. The Morgan fingerprint density at radius 3 is 2.31 bits per heavy atom. The normalized spacial score (nSPS) is 31.7. The van der Waals surface area contributed by atoms with Crippen LogP contribution in [0.25, 0.3) is 0 Å². The molecule has 5 atom stereocenters. The number of ether oxygens (including phenoxy) is 5. The van der Waals surface area contributed by atoms with Crippen LogP contribution in [0.4, 0.5) is 0 Å². The fourth-order valence-electron chi connectivity index (χ4n) is 4.80. The van der Waals surface area contributed by atoms with Crippen molar-refractivity contribution in [3.8, 4) is 17.2 Å². The van der Waals surface area contributed by atoms with Crippen LogP contribution in [0.15, 0.2) is 23.8 Å². The van der Waals surface area contributed by atoms with Gasteiger partial charge in [0.05, 0.1) is 38.6 Å². The molecule has 0 bridgehead atoms. The lowest BCUT2D eigenvalue weighted by atomic mass is 9.78. The van der Waals surface area contributed by atoms with Gasteiger partial charge in [-0.2, -0.15) is 0 Å². The highest BCUT2D eigenvalue weighted by Crippen LogP contribution is 2.47. The number of carbonyl (C=O) groups is 1. The zero-order chi connectivity index (χ0) is 23.6. The molecule has 3 rings (SSSR count). The van der Waals surface area contributed by atoms with E-state index in [0.717, 1.165) is 18.4 Å². The van der Waals surface area contributed by atoms with Gasteiger partial charge in [-0.05, 0) is 44.7 Å². The molecular weight excluding hydrogens is 412 g/mol. The molecule has 1 aliphatic heterocycles. The molecule has 7 heteroatoms. The minimum Gasteiger partial charge on any atom is -0.493 e. The molecule has 0 spiro atoms. The summed E-state index contributed by atoms with van der Waals surface area (Å²) in [6, 6.07) is 3.16. The summed E-state index contributed by atoms with van der Waals surface area (Å²) >= 11 is 0. The zero-order valence-electron chi connectivity index (χ0n) is 20.1. The molecule has 32 heavy (non-hydrogen) atoms. The van der Waals surface area contributed by atoms with Crippen molar-refractivity contribution in [2.45, 2.75) is 70.9 Å². The molecule has 1 N–H and O–H groups in total. The van der Waals surface area contributed by atoms with Gasteiger partial charge in [0.25, 0.3) is 0 Å². The second-order valence-corrected chi connectivity index (χ2v) is 9.31. The molecule has 0 saturated carbocycles. The SMILES string of the molecule is COc1cc(C(=O)O[C@H]2C/C(C)=C\CC[C@]3(C)O[C@H]3C(O)C2C(C)C)cc(OC)c1OC. The van der Waals surface area contributed by atoms with Gasteiger partial charge in [0.15, 0.2) is 11.5 Å². The number of aliphatic hydroxyl groups excluding tert-OH is 1. The lowest BCUT2D eigenvalue weighted by molar-refractivity contribution is -0.0419. The molecule has 0 aromatic heterocycles. The number of benzene rings is 1. The Morgan fingerprint density at radius 1 is 1.16 bits per heavy atom. The number of esters is 1. The molecule has 1 heterocycles. The van der Waals surface area contributed by atoms with Gasteiger partial charge in [0, 0.05) is 12.3 Å². The highest BCUT2D eigenvalue weighted by molar-refractivity contribution is 5.91. The van der Waals surface area contributed by atoms with E-state index >= 15 is 0 Å². The summed E-state index contributed by atoms with van der Waals surface area (Å²) in [7, 11) is 4.51. The summed E-state index contributed by atoms with van der Waals surface area (Å²) < 4.78 is 28.1. The number of hydrogen-bond acceptors (Lipinski definition) is 7. The van der Waals surface area contributed by atoms with Gasteiger partial charge in [0.1, 0.15) is 12.2 Å². The van der Waals surface area contributed by atoms with Crippen LogP contribution in [0.3, 0.4) is 0 Å². The van der Waals surface area contributed by atoms with Crippen LogP contribution >= 0.6 is 0 Å². The Balaban J connectivity index is 1.93. The Hall–Kier alpha value is -2.25. The average molecular weight is 449 g/mol. The Bertz CT molecular complexity index is 837. The molecule has 7 nitrogen and oxygen atoms in total. The van der Waals surface area contributed by atoms with Gasteiger partial charge in [-0.1, -0.05) is 25.5 Å². The molecular formula is C25H36O7. The molecule has 2 aliphatic rings. The average Bonchev–Trinajstić information content (AvgIpc) is 3.43. The number of aliphatic hydroxyl groups is 1. The second kappa shape index (κ2) is 9.71. The summed E-state index contributed by atoms with van der Waals surface area (Å²) in [5, 5.41) is 11.2. The molecule has 178 valence electrons. The van der Waals surface area contributed by atoms with Crippen molar-refractivity contribution in [2.24, 2.45) is 11.8 Å². The molecule has 1 saturated heterocycles. The van der Waals surface area contributed by atoms with Gasteiger partial charge >= 0.3 is 5.97 Å². The number of methoxy groups -OCH3 is 3. The van der Waals surface area contributed by atoms with E-state index < -0.39 is 18.2 Å². The van der Waals surface area contributed by atoms with Crippen LogP contribution in [-0.2, 0) is 9.47 Å². The van der Waals surface area contributed by atoms with Crippen molar-refractivity contribution in [1.29, 1.82) is 0 Å². The lowest BCUT2D eigenvalue weighted by Gasteiger charge is -2.34. The van der Waals surface area contributed by atoms with Crippen LogP contribution in [0.5, 0.6) is 17.2 Å².